The maximum atomic E-state index is 2.31. The minimum Gasteiger partial charge on any atom is -0.0620 e. The molecule has 0 amide bonds. The first kappa shape index (κ1) is 13.6. The van der Waals surface area contributed by atoms with E-state index in [2.05, 4.69) is 87.5 Å². The smallest absolute Gasteiger partial charge is 0.0146 e. The van der Waals surface area contributed by atoms with Crippen LogP contribution in [0.3, 0.4) is 0 Å². The van der Waals surface area contributed by atoms with Crippen LogP contribution in [0.4, 0.5) is 0 Å². The van der Waals surface area contributed by atoms with Gasteiger partial charge in [-0.1, -0.05) is 66.2 Å². The van der Waals surface area contributed by atoms with Crippen molar-refractivity contribution in [2.24, 2.45) is 0 Å². The molecule has 0 heterocycles. The average molecular weight is 272 g/mol. The average Bonchev–Trinajstić information content (AvgIpc) is 2.50. The zero-order valence-electron chi connectivity index (χ0n) is 12.9. The fraction of sp³-hybridized carbons (Fsp3) is 0.143. The molecule has 0 saturated carbocycles. The van der Waals surface area contributed by atoms with Crippen molar-refractivity contribution in [2.75, 3.05) is 0 Å². The Morgan fingerprint density at radius 3 is 1.86 bits per heavy atom. The molecule has 0 fully saturated rings. The zero-order valence-corrected chi connectivity index (χ0v) is 12.9. The molecule has 21 heavy (non-hydrogen) atoms. The highest BCUT2D eigenvalue weighted by molar-refractivity contribution is 5.77. The number of rotatable bonds is 2. The first-order chi connectivity index (χ1) is 10.1. The van der Waals surface area contributed by atoms with Crippen molar-refractivity contribution in [3.8, 4) is 22.3 Å². The second kappa shape index (κ2) is 5.57. The van der Waals surface area contributed by atoms with Crippen molar-refractivity contribution in [3.05, 3.63) is 83.4 Å². The molecule has 0 N–H and O–H groups in total. The van der Waals surface area contributed by atoms with E-state index in [1.54, 1.807) is 0 Å². The lowest BCUT2D eigenvalue weighted by Crippen LogP contribution is -1.88. The van der Waals surface area contributed by atoms with E-state index < -0.39 is 0 Å². The first-order valence-electron chi connectivity index (χ1n) is 7.39. The maximum absolute atomic E-state index is 2.31. The highest BCUT2D eigenvalue weighted by atomic mass is 14.1. The Morgan fingerprint density at radius 1 is 0.524 bits per heavy atom. The van der Waals surface area contributed by atoms with Gasteiger partial charge in [0.25, 0.3) is 0 Å². The third-order valence-electron chi connectivity index (χ3n) is 4.06. The Morgan fingerprint density at radius 2 is 1.14 bits per heavy atom. The Balaban J connectivity index is 2.13. The van der Waals surface area contributed by atoms with Crippen molar-refractivity contribution in [2.45, 2.75) is 20.8 Å². The molecule has 0 heteroatoms. The molecule has 0 aromatic heterocycles. The third-order valence-corrected chi connectivity index (χ3v) is 4.06. The summed E-state index contributed by atoms with van der Waals surface area (Å²) in [4.78, 5) is 0. The van der Waals surface area contributed by atoms with Gasteiger partial charge in [-0.25, -0.2) is 0 Å². The number of hydrogen-bond acceptors (Lipinski definition) is 0. The van der Waals surface area contributed by atoms with Crippen LogP contribution in [0.2, 0.25) is 0 Å². The molecule has 0 unspecified atom stereocenters. The summed E-state index contributed by atoms with van der Waals surface area (Å²) in [6.45, 7) is 6.48. The molecule has 0 bridgehead atoms. The molecule has 0 aliphatic carbocycles. The molecule has 0 aliphatic heterocycles. The van der Waals surface area contributed by atoms with Crippen LogP contribution in [0.15, 0.2) is 66.7 Å². The van der Waals surface area contributed by atoms with Gasteiger partial charge in [0.15, 0.2) is 0 Å². The lowest BCUT2D eigenvalue weighted by molar-refractivity contribution is 1.40. The topological polar surface area (TPSA) is 0 Å². The molecule has 0 radical (unpaired) electrons. The molecule has 3 rings (SSSR count). The zero-order chi connectivity index (χ0) is 14.8. The second-order valence-corrected chi connectivity index (χ2v) is 5.71. The minimum absolute atomic E-state index is 1.27. The van der Waals surface area contributed by atoms with Gasteiger partial charge in [0, 0.05) is 0 Å². The van der Waals surface area contributed by atoms with Crippen molar-refractivity contribution in [1.82, 2.24) is 0 Å². The fourth-order valence-corrected chi connectivity index (χ4v) is 2.71. The summed E-state index contributed by atoms with van der Waals surface area (Å²) in [6, 6.07) is 24.1. The van der Waals surface area contributed by atoms with E-state index in [0.717, 1.165) is 0 Å². The molecular weight excluding hydrogens is 252 g/mol. The van der Waals surface area contributed by atoms with Crippen LogP contribution in [0.25, 0.3) is 22.3 Å². The first-order valence-corrected chi connectivity index (χ1v) is 7.39. The number of aryl methyl sites for hydroxylation is 3. The normalized spacial score (nSPS) is 10.6. The van der Waals surface area contributed by atoms with Crippen LogP contribution in [0.5, 0.6) is 0 Å². The van der Waals surface area contributed by atoms with E-state index in [-0.39, 0.29) is 0 Å². The van der Waals surface area contributed by atoms with Crippen molar-refractivity contribution in [1.29, 1.82) is 0 Å². The van der Waals surface area contributed by atoms with E-state index in [9.17, 15) is 0 Å². The fourth-order valence-electron chi connectivity index (χ4n) is 2.71. The summed E-state index contributed by atoms with van der Waals surface area (Å²) in [5.41, 5.74) is 9.14. The minimum atomic E-state index is 1.27. The standard InChI is InChI=1S/C21H20/c1-15-8-11-18(12-9-15)19-13-10-17(3)21(14-19)20-7-5-4-6-16(20)2/h4-14H,1-3H3. The number of benzene rings is 3. The van der Waals surface area contributed by atoms with E-state index in [4.69, 9.17) is 0 Å². The van der Waals surface area contributed by atoms with Crippen LogP contribution in [-0.4, -0.2) is 0 Å². The van der Waals surface area contributed by atoms with Crippen LogP contribution in [0.1, 0.15) is 16.7 Å². The Kier molecular flexibility index (Phi) is 3.62. The van der Waals surface area contributed by atoms with Gasteiger partial charge >= 0.3 is 0 Å². The predicted octanol–water partition coefficient (Wildman–Crippen LogP) is 5.95. The Hall–Kier alpha value is -2.34. The van der Waals surface area contributed by atoms with Gasteiger partial charge in [-0.05, 0) is 60.2 Å². The molecule has 0 spiro atoms. The Labute approximate surface area is 127 Å². The molecule has 3 aromatic rings. The van der Waals surface area contributed by atoms with Crippen LogP contribution >= 0.6 is 0 Å². The van der Waals surface area contributed by atoms with Crippen molar-refractivity contribution in [3.63, 3.8) is 0 Å². The molecule has 0 aliphatic rings. The molecule has 0 saturated heterocycles. The van der Waals surface area contributed by atoms with Gasteiger partial charge in [0.05, 0.1) is 0 Å². The van der Waals surface area contributed by atoms with Crippen LogP contribution in [-0.2, 0) is 0 Å². The van der Waals surface area contributed by atoms with E-state index in [1.807, 2.05) is 0 Å². The van der Waals surface area contributed by atoms with Gasteiger partial charge in [0.1, 0.15) is 0 Å². The molecule has 104 valence electrons. The van der Waals surface area contributed by atoms with Gasteiger partial charge in [-0.15, -0.1) is 0 Å². The summed E-state index contributed by atoms with van der Waals surface area (Å²) >= 11 is 0. The second-order valence-electron chi connectivity index (χ2n) is 5.71. The summed E-state index contributed by atoms with van der Waals surface area (Å²) in [5, 5.41) is 0. The van der Waals surface area contributed by atoms with Gasteiger partial charge < -0.3 is 0 Å². The summed E-state index contributed by atoms with van der Waals surface area (Å²) < 4.78 is 0. The molecular formula is C21H20. The Bertz CT molecular complexity index is 764. The number of hydrogen-bond donors (Lipinski definition) is 0. The maximum Gasteiger partial charge on any atom is -0.0146 e. The molecule has 0 nitrogen and oxygen atoms in total. The van der Waals surface area contributed by atoms with Gasteiger partial charge in [-0.2, -0.15) is 0 Å². The highest BCUT2D eigenvalue weighted by Gasteiger charge is 2.07. The van der Waals surface area contributed by atoms with Crippen molar-refractivity contribution < 1.29 is 0 Å². The largest absolute Gasteiger partial charge is 0.0620 e. The lowest BCUT2D eigenvalue weighted by atomic mass is 9.93. The lowest BCUT2D eigenvalue weighted by Gasteiger charge is -2.12. The van der Waals surface area contributed by atoms with E-state index >= 15 is 0 Å². The van der Waals surface area contributed by atoms with E-state index in [0.29, 0.717) is 0 Å². The van der Waals surface area contributed by atoms with Gasteiger partial charge in [-0.3, -0.25) is 0 Å². The van der Waals surface area contributed by atoms with E-state index in [1.165, 1.54) is 38.9 Å². The quantitative estimate of drug-likeness (QED) is 0.541. The molecule has 3 aromatic carbocycles. The summed E-state index contributed by atoms with van der Waals surface area (Å²) in [7, 11) is 0. The predicted molar refractivity (Wildman–Crippen MR) is 91.5 cm³/mol. The van der Waals surface area contributed by atoms with Crippen LogP contribution in [0, 0.1) is 20.8 Å². The summed E-state index contributed by atoms with van der Waals surface area (Å²) in [5.74, 6) is 0. The van der Waals surface area contributed by atoms with Gasteiger partial charge in [0.2, 0.25) is 0 Å². The highest BCUT2D eigenvalue weighted by Crippen LogP contribution is 2.31. The SMILES string of the molecule is Cc1ccc(-c2ccc(C)c(-c3ccccc3C)c2)cc1. The third kappa shape index (κ3) is 2.75. The molecule has 0 atom stereocenters. The van der Waals surface area contributed by atoms with Crippen LogP contribution < -0.4 is 0 Å². The monoisotopic (exact) mass is 272 g/mol. The van der Waals surface area contributed by atoms with Crippen molar-refractivity contribution >= 4 is 0 Å². The summed E-state index contributed by atoms with van der Waals surface area (Å²) in [6.07, 6.45) is 0.